The lowest BCUT2D eigenvalue weighted by molar-refractivity contribution is 0.138. The number of thiophene rings is 1. The molecule has 0 saturated carbocycles. The Morgan fingerprint density at radius 3 is 2.60 bits per heavy atom. The Morgan fingerprint density at radius 2 is 1.95 bits per heavy atom. The molecule has 0 aliphatic rings. The summed E-state index contributed by atoms with van der Waals surface area (Å²) in [6.45, 7) is 7.82. The van der Waals surface area contributed by atoms with Gasteiger partial charge >= 0.3 is 0 Å². The fourth-order valence-electron chi connectivity index (χ4n) is 2.54. The second-order valence-corrected chi connectivity index (χ2v) is 7.03. The van der Waals surface area contributed by atoms with Gasteiger partial charge in [-0.15, -0.1) is 11.3 Å². The zero-order chi connectivity index (χ0) is 14.8. The molecule has 0 fully saturated rings. The molecule has 110 valence electrons. The molecule has 0 spiro atoms. The highest BCUT2D eigenvalue weighted by Gasteiger charge is 2.31. The number of fused-ring (bicyclic) bond motifs is 1. The number of likely N-dealkylation sites (N-methyl/N-ethyl adjacent to an activating group) is 2. The van der Waals surface area contributed by atoms with Crippen LogP contribution in [0, 0.1) is 0 Å². The van der Waals surface area contributed by atoms with Gasteiger partial charge in [-0.25, -0.2) is 0 Å². The van der Waals surface area contributed by atoms with Crippen LogP contribution >= 0.6 is 11.3 Å². The van der Waals surface area contributed by atoms with Crippen LogP contribution in [0.1, 0.15) is 26.3 Å². The maximum absolute atomic E-state index is 3.67. The minimum Gasteiger partial charge on any atom is -0.312 e. The first kappa shape index (κ1) is 15.5. The van der Waals surface area contributed by atoms with Gasteiger partial charge in [0, 0.05) is 16.3 Å². The molecule has 1 N–H and O–H groups in total. The summed E-state index contributed by atoms with van der Waals surface area (Å²) in [5.41, 5.74) is 1.59. The van der Waals surface area contributed by atoms with E-state index in [0.717, 1.165) is 13.0 Å². The molecule has 0 radical (unpaired) electrons. The minimum atomic E-state index is 0.124. The molecular weight excluding hydrogens is 264 g/mol. The average molecular weight is 290 g/mol. The van der Waals surface area contributed by atoms with Crippen LogP contribution in [0.15, 0.2) is 29.6 Å². The number of hydrogen-bond donors (Lipinski definition) is 1. The van der Waals surface area contributed by atoms with Crippen molar-refractivity contribution in [3.05, 3.63) is 35.2 Å². The van der Waals surface area contributed by atoms with Crippen LogP contribution in [-0.4, -0.2) is 37.1 Å². The number of benzene rings is 1. The summed E-state index contributed by atoms with van der Waals surface area (Å²) in [4.78, 5) is 2.31. The first-order chi connectivity index (χ1) is 9.46. The van der Waals surface area contributed by atoms with Crippen LogP contribution in [0.5, 0.6) is 0 Å². The third-order valence-electron chi connectivity index (χ3n) is 4.44. The normalized spacial score (nSPS) is 14.1. The Morgan fingerprint density at radius 1 is 1.25 bits per heavy atom. The molecule has 2 nitrogen and oxygen atoms in total. The van der Waals surface area contributed by atoms with Crippen molar-refractivity contribution in [2.75, 3.05) is 20.6 Å². The maximum Gasteiger partial charge on any atom is 0.0345 e. The predicted octanol–water partition coefficient (Wildman–Crippen LogP) is 3.76. The van der Waals surface area contributed by atoms with Gasteiger partial charge in [0.15, 0.2) is 0 Å². The molecule has 1 aromatic heterocycles. The molecule has 2 rings (SSSR count). The molecule has 3 heteroatoms. The summed E-state index contributed by atoms with van der Waals surface area (Å²) >= 11 is 1.85. The zero-order valence-corrected chi connectivity index (χ0v) is 14.1. The van der Waals surface area contributed by atoms with Gasteiger partial charge in [-0.3, -0.25) is 0 Å². The molecule has 0 aliphatic carbocycles. The second-order valence-electron chi connectivity index (χ2n) is 6.12. The molecule has 0 amide bonds. The lowest BCUT2D eigenvalue weighted by Crippen LogP contribution is -2.56. The fraction of sp³-hybridized carbons (Fsp3) is 0.529. The molecule has 2 aromatic rings. The van der Waals surface area contributed by atoms with Crippen LogP contribution in [-0.2, 0) is 6.42 Å². The van der Waals surface area contributed by atoms with Gasteiger partial charge in [-0.1, -0.05) is 25.1 Å². The summed E-state index contributed by atoms with van der Waals surface area (Å²) in [5.74, 6) is 0. The summed E-state index contributed by atoms with van der Waals surface area (Å²) in [7, 11) is 4.33. The van der Waals surface area contributed by atoms with Gasteiger partial charge in [0.25, 0.3) is 0 Å². The summed E-state index contributed by atoms with van der Waals surface area (Å²) in [6, 6.07) is 9.15. The van der Waals surface area contributed by atoms with Gasteiger partial charge in [0.1, 0.15) is 0 Å². The smallest absolute Gasteiger partial charge is 0.0345 e. The third-order valence-corrected chi connectivity index (χ3v) is 5.45. The Bertz CT molecular complexity index is 557. The molecule has 1 aromatic carbocycles. The van der Waals surface area contributed by atoms with E-state index in [2.05, 4.69) is 74.7 Å². The predicted molar refractivity (Wildman–Crippen MR) is 90.8 cm³/mol. The highest BCUT2D eigenvalue weighted by Crippen LogP contribution is 2.29. The van der Waals surface area contributed by atoms with E-state index in [1.165, 1.54) is 15.6 Å². The number of nitrogens with one attached hydrogen (secondary N) is 1. The molecule has 0 aliphatic heterocycles. The molecule has 1 atom stereocenters. The third kappa shape index (κ3) is 3.05. The molecule has 1 heterocycles. The summed E-state index contributed by atoms with van der Waals surface area (Å²) in [5, 5.41) is 7.40. The van der Waals surface area contributed by atoms with Crippen LogP contribution in [0.3, 0.4) is 0 Å². The standard InChI is InChI=1S/C17H26N2S/c1-6-18-16(17(2,3)19(4)5)11-13-12-20-15-10-8-7-9-14(13)15/h7-10,12,16,18H,6,11H2,1-5H3. The molecule has 1 unspecified atom stereocenters. The molecule has 20 heavy (non-hydrogen) atoms. The van der Waals surface area contributed by atoms with Crippen molar-refractivity contribution in [2.24, 2.45) is 0 Å². The van der Waals surface area contributed by atoms with Gasteiger partial charge in [0.05, 0.1) is 0 Å². The molecule has 0 saturated heterocycles. The van der Waals surface area contributed by atoms with Gasteiger partial charge < -0.3 is 10.2 Å². The Hall–Kier alpha value is -0.900. The van der Waals surface area contributed by atoms with Crippen LogP contribution < -0.4 is 5.32 Å². The first-order valence-electron chi connectivity index (χ1n) is 7.32. The zero-order valence-electron chi connectivity index (χ0n) is 13.2. The van der Waals surface area contributed by atoms with Crippen LogP contribution in [0.25, 0.3) is 10.1 Å². The summed E-state index contributed by atoms with van der Waals surface area (Å²) in [6.07, 6.45) is 1.07. The van der Waals surface area contributed by atoms with E-state index < -0.39 is 0 Å². The summed E-state index contributed by atoms with van der Waals surface area (Å²) < 4.78 is 1.39. The quantitative estimate of drug-likeness (QED) is 0.871. The van der Waals surface area contributed by atoms with E-state index in [1.807, 2.05) is 11.3 Å². The van der Waals surface area contributed by atoms with E-state index in [0.29, 0.717) is 6.04 Å². The van der Waals surface area contributed by atoms with Crippen molar-refractivity contribution in [3.8, 4) is 0 Å². The van der Waals surface area contributed by atoms with Gasteiger partial charge in [-0.2, -0.15) is 0 Å². The van der Waals surface area contributed by atoms with Crippen molar-refractivity contribution in [2.45, 2.75) is 38.8 Å². The van der Waals surface area contributed by atoms with E-state index in [1.54, 1.807) is 0 Å². The van der Waals surface area contributed by atoms with Gasteiger partial charge in [0.2, 0.25) is 0 Å². The van der Waals surface area contributed by atoms with Crippen LogP contribution in [0.2, 0.25) is 0 Å². The largest absolute Gasteiger partial charge is 0.312 e. The average Bonchev–Trinajstić information content (AvgIpc) is 2.81. The molecular formula is C17H26N2S. The first-order valence-corrected chi connectivity index (χ1v) is 8.20. The van der Waals surface area contributed by atoms with E-state index in [9.17, 15) is 0 Å². The second kappa shape index (κ2) is 6.25. The monoisotopic (exact) mass is 290 g/mol. The van der Waals surface area contributed by atoms with E-state index >= 15 is 0 Å². The lowest BCUT2D eigenvalue weighted by atomic mass is 9.88. The van der Waals surface area contributed by atoms with Crippen molar-refractivity contribution in [3.63, 3.8) is 0 Å². The number of hydrogen-bond acceptors (Lipinski definition) is 3. The van der Waals surface area contributed by atoms with Crippen molar-refractivity contribution in [1.29, 1.82) is 0 Å². The lowest BCUT2D eigenvalue weighted by Gasteiger charge is -2.40. The Kier molecular flexibility index (Phi) is 4.84. The van der Waals surface area contributed by atoms with E-state index in [4.69, 9.17) is 0 Å². The minimum absolute atomic E-state index is 0.124. The highest BCUT2D eigenvalue weighted by atomic mass is 32.1. The Labute approximate surface area is 126 Å². The van der Waals surface area contributed by atoms with Crippen LogP contribution in [0.4, 0.5) is 0 Å². The number of rotatable bonds is 6. The highest BCUT2D eigenvalue weighted by molar-refractivity contribution is 7.17. The van der Waals surface area contributed by atoms with Crippen molar-refractivity contribution < 1.29 is 0 Å². The maximum atomic E-state index is 3.67. The SMILES string of the molecule is CCNC(Cc1csc2ccccc12)C(C)(C)N(C)C. The Balaban J connectivity index is 2.28. The van der Waals surface area contributed by atoms with Crippen molar-refractivity contribution in [1.82, 2.24) is 10.2 Å². The number of nitrogens with zero attached hydrogens (tertiary/aromatic N) is 1. The van der Waals surface area contributed by atoms with E-state index in [-0.39, 0.29) is 5.54 Å². The van der Waals surface area contributed by atoms with Gasteiger partial charge in [-0.05, 0) is 63.3 Å². The van der Waals surface area contributed by atoms with Crippen molar-refractivity contribution >= 4 is 21.4 Å². The fourth-order valence-corrected chi connectivity index (χ4v) is 3.52. The molecule has 0 bridgehead atoms. The topological polar surface area (TPSA) is 15.3 Å².